The van der Waals surface area contributed by atoms with Crippen molar-refractivity contribution in [2.24, 2.45) is 0 Å². The number of carbonyl (C=O) groups excluding carboxylic acids is 2. The number of aryl methyl sites for hydroxylation is 3. The third kappa shape index (κ3) is 3.75. The summed E-state index contributed by atoms with van der Waals surface area (Å²) >= 11 is 0. The Kier molecular flexibility index (Phi) is 4.98. The van der Waals surface area contributed by atoms with E-state index in [0.29, 0.717) is 6.54 Å². The van der Waals surface area contributed by atoms with E-state index in [2.05, 4.69) is 9.84 Å². The minimum absolute atomic E-state index is 0.104. The van der Waals surface area contributed by atoms with Crippen LogP contribution in [0.5, 0.6) is 0 Å². The maximum Gasteiger partial charge on any atom is 0.341 e. The third-order valence-corrected chi connectivity index (χ3v) is 3.15. The van der Waals surface area contributed by atoms with Gasteiger partial charge in [-0.1, -0.05) is 0 Å². The average Bonchev–Trinajstić information content (AvgIpc) is 3.08. The molecule has 0 aliphatic heterocycles. The molecule has 0 aliphatic rings. The Bertz CT molecular complexity index is 671. The summed E-state index contributed by atoms with van der Waals surface area (Å²) in [7, 11) is 1.28. The summed E-state index contributed by atoms with van der Waals surface area (Å²) in [6.07, 6.45) is 1.54. The molecular formula is C15H18N2O5. The predicted octanol–water partition coefficient (Wildman–Crippen LogP) is 2.01. The van der Waals surface area contributed by atoms with Crippen LogP contribution in [0.1, 0.15) is 33.9 Å². The van der Waals surface area contributed by atoms with E-state index in [1.807, 2.05) is 19.9 Å². The number of hydrogen-bond donors (Lipinski definition) is 0. The van der Waals surface area contributed by atoms with Gasteiger partial charge in [0.15, 0.2) is 5.76 Å². The molecule has 7 nitrogen and oxygen atoms in total. The van der Waals surface area contributed by atoms with E-state index in [1.54, 1.807) is 4.68 Å². The molecule has 0 radical (unpaired) electrons. The van der Waals surface area contributed by atoms with Gasteiger partial charge >= 0.3 is 11.9 Å². The summed E-state index contributed by atoms with van der Waals surface area (Å²) in [5.74, 6) is -0.645. The van der Waals surface area contributed by atoms with Gasteiger partial charge in [-0.3, -0.25) is 9.48 Å². The summed E-state index contributed by atoms with van der Waals surface area (Å²) in [6.45, 7) is 4.16. The molecule has 0 unspecified atom stereocenters. The first kappa shape index (κ1) is 15.8. The number of methoxy groups -OCH3 is 1. The highest BCUT2D eigenvalue weighted by Crippen LogP contribution is 2.13. The van der Waals surface area contributed by atoms with Gasteiger partial charge < -0.3 is 13.9 Å². The highest BCUT2D eigenvalue weighted by atomic mass is 16.5. The van der Waals surface area contributed by atoms with Gasteiger partial charge in [0.25, 0.3) is 0 Å². The number of aromatic nitrogens is 2. The molecule has 0 saturated carbocycles. The van der Waals surface area contributed by atoms with Crippen LogP contribution in [0.4, 0.5) is 0 Å². The van der Waals surface area contributed by atoms with Crippen LogP contribution < -0.4 is 0 Å². The Morgan fingerprint density at radius 3 is 2.77 bits per heavy atom. The van der Waals surface area contributed by atoms with Gasteiger partial charge in [-0.15, -0.1) is 0 Å². The topological polar surface area (TPSA) is 83.6 Å². The Labute approximate surface area is 127 Å². The summed E-state index contributed by atoms with van der Waals surface area (Å²) in [5, 5.41) is 4.27. The molecule has 0 N–H and O–H groups in total. The maximum absolute atomic E-state index is 11.8. The molecule has 7 heteroatoms. The van der Waals surface area contributed by atoms with E-state index < -0.39 is 5.97 Å². The van der Waals surface area contributed by atoms with Gasteiger partial charge in [-0.2, -0.15) is 5.10 Å². The Hall–Kier alpha value is -2.57. The second-order valence-electron chi connectivity index (χ2n) is 4.81. The second-order valence-corrected chi connectivity index (χ2v) is 4.81. The molecule has 0 saturated heterocycles. The normalized spacial score (nSPS) is 10.5. The van der Waals surface area contributed by atoms with Crippen LogP contribution in [0.2, 0.25) is 0 Å². The van der Waals surface area contributed by atoms with Crippen LogP contribution in [-0.2, 0) is 27.4 Å². The van der Waals surface area contributed by atoms with E-state index in [9.17, 15) is 9.59 Å². The van der Waals surface area contributed by atoms with Gasteiger partial charge in [0.1, 0.15) is 12.2 Å². The van der Waals surface area contributed by atoms with Crippen molar-refractivity contribution in [1.29, 1.82) is 0 Å². The first-order valence-corrected chi connectivity index (χ1v) is 6.82. The fraction of sp³-hybridized carbons (Fsp3) is 0.400. The van der Waals surface area contributed by atoms with Gasteiger partial charge in [-0.05, 0) is 26.0 Å². The van der Waals surface area contributed by atoms with E-state index in [-0.39, 0.29) is 30.3 Å². The largest absolute Gasteiger partial charge is 0.465 e. The second kappa shape index (κ2) is 6.93. The lowest BCUT2D eigenvalue weighted by Gasteiger charge is -2.06. The van der Waals surface area contributed by atoms with Crippen LogP contribution in [0.3, 0.4) is 0 Å². The van der Waals surface area contributed by atoms with E-state index >= 15 is 0 Å². The quantitative estimate of drug-likeness (QED) is 0.759. The lowest BCUT2D eigenvalue weighted by molar-refractivity contribution is -0.145. The van der Waals surface area contributed by atoms with Crippen molar-refractivity contribution in [3.63, 3.8) is 0 Å². The van der Waals surface area contributed by atoms with Crippen LogP contribution >= 0.6 is 0 Å². The lowest BCUT2D eigenvalue weighted by atomic mass is 10.2. The zero-order valence-corrected chi connectivity index (χ0v) is 12.8. The van der Waals surface area contributed by atoms with Crippen molar-refractivity contribution < 1.29 is 23.5 Å². The first-order chi connectivity index (χ1) is 10.5. The molecule has 2 heterocycles. The number of hydrogen-bond acceptors (Lipinski definition) is 6. The zero-order valence-electron chi connectivity index (χ0n) is 12.8. The summed E-state index contributed by atoms with van der Waals surface area (Å²) in [6, 6.07) is 3.42. The van der Waals surface area contributed by atoms with Crippen LogP contribution in [0.15, 0.2) is 22.8 Å². The van der Waals surface area contributed by atoms with Crippen molar-refractivity contribution in [2.45, 2.75) is 33.4 Å². The number of nitrogens with zero attached hydrogens (tertiary/aromatic N) is 2. The SMILES string of the molecule is COC(=O)c1ccoc1COC(=O)CCn1nc(C)cc1C. The minimum Gasteiger partial charge on any atom is -0.465 e. The summed E-state index contributed by atoms with van der Waals surface area (Å²) in [4.78, 5) is 23.2. The summed E-state index contributed by atoms with van der Waals surface area (Å²) < 4.78 is 16.6. The van der Waals surface area contributed by atoms with Gasteiger partial charge in [0.2, 0.25) is 0 Å². The van der Waals surface area contributed by atoms with Crippen LogP contribution in [0, 0.1) is 13.8 Å². The monoisotopic (exact) mass is 306 g/mol. The Balaban J connectivity index is 1.84. The van der Waals surface area contributed by atoms with Crippen molar-refractivity contribution in [3.05, 3.63) is 41.1 Å². The average molecular weight is 306 g/mol. The van der Waals surface area contributed by atoms with Crippen molar-refractivity contribution in [3.8, 4) is 0 Å². The molecule has 0 spiro atoms. The Morgan fingerprint density at radius 2 is 2.14 bits per heavy atom. The lowest BCUT2D eigenvalue weighted by Crippen LogP contribution is -2.12. The molecule has 2 aromatic heterocycles. The zero-order chi connectivity index (χ0) is 16.1. The Morgan fingerprint density at radius 1 is 1.36 bits per heavy atom. The number of ether oxygens (including phenoxy) is 2. The molecule has 2 rings (SSSR count). The number of furan rings is 1. The smallest absolute Gasteiger partial charge is 0.341 e. The van der Waals surface area contributed by atoms with Gasteiger partial charge in [0.05, 0.1) is 32.0 Å². The molecule has 2 aromatic rings. The number of esters is 2. The first-order valence-electron chi connectivity index (χ1n) is 6.82. The van der Waals surface area contributed by atoms with E-state index in [4.69, 9.17) is 9.15 Å². The standard InChI is InChI=1S/C15H18N2O5/c1-10-8-11(2)17(16-10)6-4-14(18)22-9-13-12(5-7-21-13)15(19)20-3/h5,7-8H,4,6,9H2,1-3H3. The highest BCUT2D eigenvalue weighted by Gasteiger charge is 2.16. The third-order valence-electron chi connectivity index (χ3n) is 3.15. The van der Waals surface area contributed by atoms with Gasteiger partial charge in [0, 0.05) is 5.69 Å². The van der Waals surface area contributed by atoms with E-state index in [0.717, 1.165) is 11.4 Å². The van der Waals surface area contributed by atoms with Crippen molar-refractivity contribution in [1.82, 2.24) is 9.78 Å². The highest BCUT2D eigenvalue weighted by molar-refractivity contribution is 5.90. The summed E-state index contributed by atoms with van der Waals surface area (Å²) in [5.41, 5.74) is 2.15. The molecule has 0 aliphatic carbocycles. The maximum atomic E-state index is 11.8. The molecule has 118 valence electrons. The molecule has 0 atom stereocenters. The molecule has 22 heavy (non-hydrogen) atoms. The number of rotatable bonds is 6. The van der Waals surface area contributed by atoms with Gasteiger partial charge in [-0.25, -0.2) is 4.79 Å². The van der Waals surface area contributed by atoms with Crippen LogP contribution in [0.25, 0.3) is 0 Å². The fourth-order valence-electron chi connectivity index (χ4n) is 2.06. The van der Waals surface area contributed by atoms with Crippen molar-refractivity contribution in [2.75, 3.05) is 7.11 Å². The number of carbonyl (C=O) groups is 2. The predicted molar refractivity (Wildman–Crippen MR) is 76.2 cm³/mol. The fourth-order valence-corrected chi connectivity index (χ4v) is 2.06. The van der Waals surface area contributed by atoms with E-state index in [1.165, 1.54) is 19.4 Å². The molecule has 0 bridgehead atoms. The molecule has 0 amide bonds. The van der Waals surface area contributed by atoms with Crippen LogP contribution in [-0.4, -0.2) is 28.8 Å². The minimum atomic E-state index is -0.526. The molecule has 0 aromatic carbocycles. The molecule has 0 fully saturated rings. The molecular weight excluding hydrogens is 288 g/mol. The van der Waals surface area contributed by atoms with Crippen molar-refractivity contribution >= 4 is 11.9 Å².